The molecule has 6 N–H and O–H groups in total. The highest BCUT2D eigenvalue weighted by Crippen LogP contribution is 2.52. The number of hydrogen-bond acceptors (Lipinski definition) is 10. The Hall–Kier alpha value is -3.82. The number of unbranched alkanes of at least 4 members (excludes halogenated alkanes) is 30. The Morgan fingerprint density at radius 3 is 0.800 bits per heavy atom. The predicted octanol–water partition coefficient (Wildman–Crippen LogP) is 14.4. The number of ether oxygens (including phenoxy) is 2. The van der Waals surface area contributed by atoms with Crippen molar-refractivity contribution in [1.82, 2.24) is 0 Å². The van der Waals surface area contributed by atoms with Crippen LogP contribution in [0.15, 0.2) is 12.1 Å². The zero-order valence-corrected chi connectivity index (χ0v) is 37.5. The first-order valence-corrected chi connectivity index (χ1v) is 24.1. The van der Waals surface area contributed by atoms with E-state index < -0.39 is 68.7 Å². The van der Waals surface area contributed by atoms with Crippen molar-refractivity contribution in [2.75, 3.05) is 13.2 Å². The van der Waals surface area contributed by atoms with Gasteiger partial charge in [0.15, 0.2) is 23.0 Å². The van der Waals surface area contributed by atoms with Gasteiger partial charge in [0.2, 0.25) is 11.5 Å². The molecule has 2 aromatic carbocycles. The van der Waals surface area contributed by atoms with E-state index in [4.69, 9.17) is 9.47 Å². The fraction of sp³-hybridized carbons (Fsp3) is 0.720. The quantitative estimate of drug-likeness (QED) is 0.0218. The summed E-state index contributed by atoms with van der Waals surface area (Å²) in [6, 6.07) is 1.71. The van der Waals surface area contributed by atoms with Gasteiger partial charge in [-0.05, 0) is 25.0 Å². The molecule has 0 amide bonds. The summed E-state index contributed by atoms with van der Waals surface area (Å²) in [4.78, 5) is 26.7. The number of benzene rings is 2. The second-order valence-electron chi connectivity index (χ2n) is 16.9. The molecule has 0 heterocycles. The Balaban J connectivity index is 1.82. The van der Waals surface area contributed by atoms with E-state index in [2.05, 4.69) is 13.8 Å². The number of phenols is 6. The third-order valence-electron chi connectivity index (χ3n) is 11.7. The number of carbonyl (C=O) groups is 2. The molecule has 0 bridgehead atoms. The van der Waals surface area contributed by atoms with Crippen LogP contribution in [-0.4, -0.2) is 55.8 Å². The fourth-order valence-corrected chi connectivity index (χ4v) is 7.90. The normalized spacial score (nSPS) is 11.3. The van der Waals surface area contributed by atoms with E-state index in [1.54, 1.807) is 0 Å². The molecule has 0 aliphatic carbocycles. The summed E-state index contributed by atoms with van der Waals surface area (Å²) in [5.74, 6) is -7.74. The van der Waals surface area contributed by atoms with Crippen LogP contribution in [-0.2, 0) is 9.47 Å². The van der Waals surface area contributed by atoms with Gasteiger partial charge in [-0.25, -0.2) is 9.59 Å². The highest BCUT2D eigenvalue weighted by atomic mass is 16.5. The maximum atomic E-state index is 13.4. The second kappa shape index (κ2) is 32.9. The van der Waals surface area contributed by atoms with E-state index in [-0.39, 0.29) is 13.2 Å². The number of carbonyl (C=O) groups excluding carboxylic acids is 2. The Morgan fingerprint density at radius 1 is 0.350 bits per heavy atom. The van der Waals surface area contributed by atoms with Crippen LogP contribution in [0.5, 0.6) is 34.5 Å². The maximum absolute atomic E-state index is 13.4. The monoisotopic (exact) mass is 843 g/mol. The van der Waals surface area contributed by atoms with Crippen molar-refractivity contribution in [3.8, 4) is 45.6 Å². The van der Waals surface area contributed by atoms with Gasteiger partial charge in [-0.15, -0.1) is 0 Å². The summed E-state index contributed by atoms with van der Waals surface area (Å²) in [5.41, 5.74) is -2.06. The molecule has 342 valence electrons. The van der Waals surface area contributed by atoms with Crippen molar-refractivity contribution in [2.24, 2.45) is 0 Å². The Kier molecular flexibility index (Phi) is 28.7. The highest BCUT2D eigenvalue weighted by Gasteiger charge is 2.32. The third-order valence-corrected chi connectivity index (χ3v) is 11.7. The summed E-state index contributed by atoms with van der Waals surface area (Å²) in [6.45, 7) is 4.58. The first-order chi connectivity index (χ1) is 29.1. The van der Waals surface area contributed by atoms with Crippen molar-refractivity contribution in [1.29, 1.82) is 0 Å². The first kappa shape index (κ1) is 52.3. The molecule has 0 aliphatic rings. The maximum Gasteiger partial charge on any atom is 0.339 e. The minimum Gasteiger partial charge on any atom is -0.504 e. The van der Waals surface area contributed by atoms with E-state index in [9.17, 15) is 40.2 Å². The van der Waals surface area contributed by atoms with Crippen LogP contribution in [0.2, 0.25) is 0 Å². The number of aromatic hydroxyl groups is 6. The van der Waals surface area contributed by atoms with Crippen molar-refractivity contribution in [2.45, 2.75) is 219 Å². The van der Waals surface area contributed by atoms with E-state index in [0.29, 0.717) is 12.8 Å². The van der Waals surface area contributed by atoms with Crippen molar-refractivity contribution in [3.05, 3.63) is 23.3 Å². The van der Waals surface area contributed by atoms with Gasteiger partial charge in [-0.3, -0.25) is 0 Å². The minimum absolute atomic E-state index is 0.0418. The molecule has 0 atom stereocenters. The van der Waals surface area contributed by atoms with Crippen LogP contribution in [0.1, 0.15) is 240 Å². The summed E-state index contributed by atoms with van der Waals surface area (Å²) in [6.07, 6.45) is 38.4. The van der Waals surface area contributed by atoms with Crippen LogP contribution in [0, 0.1) is 0 Å². The average molecular weight is 843 g/mol. The van der Waals surface area contributed by atoms with Gasteiger partial charge in [0.05, 0.1) is 24.3 Å². The Bertz CT molecular complexity index is 1360. The predicted molar refractivity (Wildman–Crippen MR) is 242 cm³/mol. The molecule has 0 fully saturated rings. The smallest absolute Gasteiger partial charge is 0.339 e. The van der Waals surface area contributed by atoms with Crippen molar-refractivity contribution >= 4 is 11.9 Å². The molecule has 10 nitrogen and oxygen atoms in total. The lowest BCUT2D eigenvalue weighted by Gasteiger charge is -2.18. The van der Waals surface area contributed by atoms with Gasteiger partial charge in [-0.1, -0.05) is 206 Å². The number of esters is 2. The van der Waals surface area contributed by atoms with Crippen LogP contribution < -0.4 is 0 Å². The molecule has 60 heavy (non-hydrogen) atoms. The Labute approximate surface area is 362 Å². The van der Waals surface area contributed by atoms with Crippen LogP contribution >= 0.6 is 0 Å². The lowest BCUT2D eigenvalue weighted by molar-refractivity contribution is 0.0485. The molecule has 0 spiro atoms. The van der Waals surface area contributed by atoms with Gasteiger partial charge in [-0.2, -0.15) is 0 Å². The second-order valence-corrected chi connectivity index (χ2v) is 16.9. The first-order valence-electron chi connectivity index (χ1n) is 24.1. The van der Waals surface area contributed by atoms with E-state index >= 15 is 0 Å². The summed E-state index contributed by atoms with van der Waals surface area (Å²) >= 11 is 0. The summed E-state index contributed by atoms with van der Waals surface area (Å²) in [5, 5.41) is 63.5. The average Bonchev–Trinajstić information content (AvgIpc) is 3.24. The van der Waals surface area contributed by atoms with E-state index in [1.807, 2.05) is 0 Å². The van der Waals surface area contributed by atoms with Crippen molar-refractivity contribution < 1.29 is 49.7 Å². The molecule has 0 aliphatic heterocycles. The lowest BCUT2D eigenvalue weighted by Crippen LogP contribution is -2.12. The Morgan fingerprint density at radius 2 is 0.567 bits per heavy atom. The molecular formula is C50H82O10. The van der Waals surface area contributed by atoms with Gasteiger partial charge >= 0.3 is 11.9 Å². The van der Waals surface area contributed by atoms with Gasteiger partial charge in [0.1, 0.15) is 0 Å². The summed E-state index contributed by atoms with van der Waals surface area (Å²) < 4.78 is 10.9. The lowest BCUT2D eigenvalue weighted by atomic mass is 9.92. The van der Waals surface area contributed by atoms with E-state index in [1.165, 1.54) is 154 Å². The molecule has 2 aromatic rings. The molecule has 0 saturated carbocycles. The number of rotatable bonds is 37. The molecule has 2 rings (SSSR count). The fourth-order valence-electron chi connectivity index (χ4n) is 7.90. The molecule has 0 aromatic heterocycles. The molecule has 10 heteroatoms. The van der Waals surface area contributed by atoms with Crippen LogP contribution in [0.4, 0.5) is 0 Å². The van der Waals surface area contributed by atoms with Crippen LogP contribution in [0.3, 0.4) is 0 Å². The third kappa shape index (κ3) is 20.6. The molecule has 0 saturated heterocycles. The van der Waals surface area contributed by atoms with Gasteiger partial charge in [0, 0.05) is 11.1 Å². The SMILES string of the molecule is CCCCCCCCCCCCCCCCCCOC(=O)c1cc(O)c(O)c(O)c1-c1c(C(=O)OCCCCCCCCCCCCCCCCCC)cc(O)c(O)c1O. The van der Waals surface area contributed by atoms with Crippen molar-refractivity contribution in [3.63, 3.8) is 0 Å². The van der Waals surface area contributed by atoms with Gasteiger partial charge < -0.3 is 40.1 Å². The summed E-state index contributed by atoms with van der Waals surface area (Å²) in [7, 11) is 0. The van der Waals surface area contributed by atoms with Crippen LogP contribution in [0.25, 0.3) is 11.1 Å². The standard InChI is InChI=1S/C50H82O10/c1-3-5-7-9-11-13-15-17-19-21-23-25-27-29-31-33-35-59-49(57)39-37-41(51)45(53)47(55)43(39)44-40(38-42(52)46(54)48(44)56)50(58)60-36-34-32-30-28-26-24-22-20-18-16-14-12-10-8-6-4-2/h37-38,51-56H,3-36H2,1-2H3. The van der Waals surface area contributed by atoms with Gasteiger partial charge in [0.25, 0.3) is 0 Å². The zero-order valence-electron chi connectivity index (χ0n) is 37.5. The minimum atomic E-state index is -1.03. The molecule has 0 unspecified atom stereocenters. The van der Waals surface area contributed by atoms with E-state index in [0.717, 1.165) is 50.7 Å². The number of hydrogen-bond donors (Lipinski definition) is 6. The molecular weight excluding hydrogens is 761 g/mol. The zero-order chi connectivity index (χ0) is 43.8. The topological polar surface area (TPSA) is 174 Å². The highest BCUT2D eigenvalue weighted by molar-refractivity contribution is 6.08. The number of phenolic OH excluding ortho intramolecular Hbond substituents is 6. The largest absolute Gasteiger partial charge is 0.504 e. The molecule has 0 radical (unpaired) electrons.